The van der Waals surface area contributed by atoms with Crippen molar-refractivity contribution in [1.82, 2.24) is 19.9 Å². The molecule has 8 heteroatoms. The summed E-state index contributed by atoms with van der Waals surface area (Å²) in [7, 11) is 1.61. The molecule has 0 radical (unpaired) electrons. The third kappa shape index (κ3) is 4.02. The first-order chi connectivity index (χ1) is 15.1. The lowest BCUT2D eigenvalue weighted by atomic mass is 10.2. The molecule has 1 amide bonds. The van der Waals surface area contributed by atoms with Crippen molar-refractivity contribution in [2.75, 3.05) is 32.6 Å². The number of nitrogens with one attached hydrogen (secondary N) is 1. The number of rotatable bonds is 8. The zero-order valence-electron chi connectivity index (χ0n) is 17.6. The van der Waals surface area contributed by atoms with E-state index in [1.54, 1.807) is 11.7 Å². The van der Waals surface area contributed by atoms with Crippen LogP contribution in [0, 0.1) is 0 Å². The maximum absolute atomic E-state index is 13.1. The predicted molar refractivity (Wildman–Crippen MR) is 121 cm³/mol. The molecule has 8 nitrogen and oxygen atoms in total. The normalized spacial score (nSPS) is 11.2. The highest BCUT2D eigenvalue weighted by atomic mass is 16.5. The fourth-order valence-electron chi connectivity index (χ4n) is 3.49. The number of ether oxygens (including phenoxy) is 2. The van der Waals surface area contributed by atoms with Gasteiger partial charge in [-0.25, -0.2) is 9.97 Å². The first-order valence-corrected chi connectivity index (χ1v) is 10.2. The molecule has 0 bridgehead atoms. The number of nitrogens with zero attached hydrogens (tertiary/aromatic N) is 3. The summed E-state index contributed by atoms with van der Waals surface area (Å²) < 4.78 is 12.3. The second-order valence-electron chi connectivity index (χ2n) is 6.98. The maximum Gasteiger partial charge on any atom is 0.257 e. The van der Waals surface area contributed by atoms with E-state index in [-0.39, 0.29) is 11.7 Å². The third-order valence-corrected chi connectivity index (χ3v) is 5.01. The second kappa shape index (κ2) is 9.01. The smallest absolute Gasteiger partial charge is 0.257 e. The molecule has 2 aromatic carbocycles. The highest BCUT2D eigenvalue weighted by Gasteiger charge is 2.24. The monoisotopic (exact) mass is 419 g/mol. The molecule has 2 aromatic heterocycles. The lowest BCUT2D eigenvalue weighted by Crippen LogP contribution is -2.26. The molecule has 2 heterocycles. The number of amides is 1. The number of aromatic nitrogens is 3. The van der Waals surface area contributed by atoms with Crippen molar-refractivity contribution < 1.29 is 14.3 Å². The van der Waals surface area contributed by atoms with E-state index in [4.69, 9.17) is 25.2 Å². The van der Waals surface area contributed by atoms with Crippen LogP contribution in [-0.4, -0.2) is 47.3 Å². The Morgan fingerprint density at radius 1 is 1.10 bits per heavy atom. The van der Waals surface area contributed by atoms with Crippen molar-refractivity contribution in [2.24, 2.45) is 0 Å². The van der Waals surface area contributed by atoms with Crippen LogP contribution in [0.2, 0.25) is 0 Å². The van der Waals surface area contributed by atoms with Crippen LogP contribution in [0.15, 0.2) is 48.5 Å². The summed E-state index contributed by atoms with van der Waals surface area (Å²) in [5, 5.41) is 2.92. The van der Waals surface area contributed by atoms with Crippen molar-refractivity contribution >= 4 is 33.9 Å². The zero-order valence-corrected chi connectivity index (χ0v) is 17.6. The molecule has 31 heavy (non-hydrogen) atoms. The zero-order chi connectivity index (χ0) is 21.8. The molecule has 0 aliphatic carbocycles. The van der Waals surface area contributed by atoms with Crippen LogP contribution in [0.25, 0.3) is 27.9 Å². The molecule has 0 saturated carbocycles. The largest absolute Gasteiger partial charge is 0.497 e. The van der Waals surface area contributed by atoms with E-state index < -0.39 is 0 Å². The Balaban J connectivity index is 1.81. The number of carbonyl (C=O) groups is 1. The number of methoxy groups -OCH3 is 1. The number of nitrogen functional groups attached to an aromatic ring is 1. The van der Waals surface area contributed by atoms with Crippen molar-refractivity contribution in [3.05, 3.63) is 54.1 Å². The molecule has 0 fully saturated rings. The van der Waals surface area contributed by atoms with E-state index in [0.29, 0.717) is 48.4 Å². The van der Waals surface area contributed by atoms with Crippen molar-refractivity contribution in [3.63, 3.8) is 0 Å². The molecule has 0 unspecified atom stereocenters. The SMILES string of the molecule is CCOCCCNC(=O)c1c(N)n(-c2ccc(OC)cc2)c2nc3ccccc3nc12. The molecule has 3 N–H and O–H groups in total. The fraction of sp³-hybridized carbons (Fsp3) is 0.261. The Labute approximate surface area is 180 Å². The number of benzene rings is 2. The standard InChI is InChI=1S/C23H25N5O3/c1-3-31-14-6-13-25-23(29)19-20-22(27-18-8-5-4-7-17(18)26-20)28(21(19)24)15-9-11-16(30-2)12-10-15/h4-5,7-12H,3,6,13-14,24H2,1-2H3,(H,25,29). The highest BCUT2D eigenvalue weighted by Crippen LogP contribution is 2.31. The average molecular weight is 419 g/mol. The van der Waals surface area contributed by atoms with E-state index in [2.05, 4.69) is 5.32 Å². The average Bonchev–Trinajstić information content (AvgIpc) is 3.08. The van der Waals surface area contributed by atoms with Crippen molar-refractivity contribution in [3.8, 4) is 11.4 Å². The Kier molecular flexibility index (Phi) is 5.99. The van der Waals surface area contributed by atoms with Gasteiger partial charge in [0.15, 0.2) is 5.65 Å². The number of nitrogens with two attached hydrogens (primary N) is 1. The molecule has 0 saturated heterocycles. The predicted octanol–water partition coefficient (Wildman–Crippen LogP) is 3.32. The summed E-state index contributed by atoms with van der Waals surface area (Å²) >= 11 is 0. The third-order valence-electron chi connectivity index (χ3n) is 5.01. The number of para-hydroxylation sites is 2. The van der Waals surface area contributed by atoms with E-state index in [1.165, 1.54) is 0 Å². The van der Waals surface area contributed by atoms with Crippen LogP contribution >= 0.6 is 0 Å². The Hall–Kier alpha value is -3.65. The van der Waals surface area contributed by atoms with Gasteiger partial charge >= 0.3 is 0 Å². The van der Waals surface area contributed by atoms with Gasteiger partial charge in [-0.1, -0.05) is 12.1 Å². The Morgan fingerprint density at radius 3 is 2.48 bits per heavy atom. The van der Waals surface area contributed by atoms with Gasteiger partial charge in [-0.05, 0) is 49.7 Å². The summed E-state index contributed by atoms with van der Waals surface area (Å²) in [4.78, 5) is 22.6. The summed E-state index contributed by atoms with van der Waals surface area (Å²) in [5.74, 6) is 0.733. The summed E-state index contributed by atoms with van der Waals surface area (Å²) in [6.45, 7) is 3.66. The molecule has 0 aliphatic rings. The van der Waals surface area contributed by atoms with Crippen LogP contribution in [0.4, 0.5) is 5.82 Å². The first kappa shape index (κ1) is 20.6. The molecule has 4 rings (SSSR count). The Morgan fingerprint density at radius 2 is 1.81 bits per heavy atom. The summed E-state index contributed by atoms with van der Waals surface area (Å²) in [6.07, 6.45) is 0.714. The van der Waals surface area contributed by atoms with E-state index in [1.807, 2.05) is 55.5 Å². The summed E-state index contributed by atoms with van der Waals surface area (Å²) in [6, 6.07) is 15.0. The molecular formula is C23H25N5O3. The molecule has 0 spiro atoms. The summed E-state index contributed by atoms with van der Waals surface area (Å²) in [5.41, 5.74) is 10.0. The van der Waals surface area contributed by atoms with Gasteiger partial charge in [0.1, 0.15) is 22.6 Å². The number of anilines is 1. The molecule has 0 atom stereocenters. The van der Waals surface area contributed by atoms with Crippen molar-refractivity contribution in [2.45, 2.75) is 13.3 Å². The number of hydrogen-bond donors (Lipinski definition) is 2. The van der Waals surface area contributed by atoms with Gasteiger partial charge < -0.3 is 20.5 Å². The van der Waals surface area contributed by atoms with Crippen LogP contribution in [-0.2, 0) is 4.74 Å². The van der Waals surface area contributed by atoms with Gasteiger partial charge in [-0.15, -0.1) is 0 Å². The minimum Gasteiger partial charge on any atom is -0.497 e. The number of hydrogen-bond acceptors (Lipinski definition) is 6. The minimum absolute atomic E-state index is 0.282. The van der Waals surface area contributed by atoms with E-state index >= 15 is 0 Å². The Bertz CT molecular complexity index is 1220. The van der Waals surface area contributed by atoms with Gasteiger partial charge in [0.25, 0.3) is 5.91 Å². The molecule has 4 aromatic rings. The quantitative estimate of drug-likeness (QED) is 0.425. The van der Waals surface area contributed by atoms with Gasteiger partial charge in [0.2, 0.25) is 0 Å². The lowest BCUT2D eigenvalue weighted by molar-refractivity contribution is 0.0946. The van der Waals surface area contributed by atoms with Crippen molar-refractivity contribution in [1.29, 1.82) is 0 Å². The van der Waals surface area contributed by atoms with Gasteiger partial charge in [0, 0.05) is 25.4 Å². The highest BCUT2D eigenvalue weighted by molar-refractivity contribution is 6.11. The van der Waals surface area contributed by atoms with Crippen LogP contribution < -0.4 is 15.8 Å². The van der Waals surface area contributed by atoms with Crippen LogP contribution in [0.3, 0.4) is 0 Å². The van der Waals surface area contributed by atoms with E-state index in [9.17, 15) is 4.79 Å². The molecule has 160 valence electrons. The van der Waals surface area contributed by atoms with Gasteiger partial charge in [-0.3, -0.25) is 9.36 Å². The second-order valence-corrected chi connectivity index (χ2v) is 6.98. The topological polar surface area (TPSA) is 104 Å². The maximum atomic E-state index is 13.1. The molecular weight excluding hydrogens is 394 g/mol. The minimum atomic E-state index is -0.282. The number of carbonyl (C=O) groups excluding carboxylic acids is 1. The van der Waals surface area contributed by atoms with Gasteiger partial charge in [0.05, 0.1) is 18.1 Å². The molecule has 0 aliphatic heterocycles. The van der Waals surface area contributed by atoms with Crippen LogP contribution in [0.1, 0.15) is 23.7 Å². The number of fused-ring (bicyclic) bond motifs is 2. The fourth-order valence-corrected chi connectivity index (χ4v) is 3.49. The first-order valence-electron chi connectivity index (χ1n) is 10.2. The lowest BCUT2D eigenvalue weighted by Gasteiger charge is -2.09. The van der Waals surface area contributed by atoms with Gasteiger partial charge in [-0.2, -0.15) is 0 Å². The van der Waals surface area contributed by atoms with E-state index in [0.717, 1.165) is 17.0 Å². The van der Waals surface area contributed by atoms with Crippen LogP contribution in [0.5, 0.6) is 5.75 Å².